The molecule has 28 heavy (non-hydrogen) atoms. The van der Waals surface area contributed by atoms with Crippen molar-refractivity contribution in [3.05, 3.63) is 29.8 Å². The van der Waals surface area contributed by atoms with Gasteiger partial charge in [0, 0.05) is 18.2 Å². The van der Waals surface area contributed by atoms with Crippen LogP contribution in [0.15, 0.2) is 29.2 Å². The lowest BCUT2D eigenvalue weighted by Gasteiger charge is -2.12. The minimum Gasteiger partial charge on any atom is -0.293 e. The van der Waals surface area contributed by atoms with Crippen LogP contribution in [0.1, 0.15) is 69.8 Å². The van der Waals surface area contributed by atoms with Crippen LogP contribution in [0.2, 0.25) is 0 Å². The molecule has 1 aromatic rings. The van der Waals surface area contributed by atoms with Gasteiger partial charge in [0.2, 0.25) is 0 Å². The maximum absolute atomic E-state index is 12.1. The van der Waals surface area contributed by atoms with Gasteiger partial charge in [-0.25, -0.2) is 0 Å². The minimum atomic E-state index is -3.60. The third-order valence-corrected chi connectivity index (χ3v) is 7.59. The first-order valence-electron chi connectivity index (χ1n) is 10.8. The van der Waals surface area contributed by atoms with Crippen LogP contribution in [0.3, 0.4) is 0 Å². The zero-order chi connectivity index (χ0) is 20.1. The van der Waals surface area contributed by atoms with E-state index < -0.39 is 10.1 Å². The number of benzene rings is 1. The molecule has 0 saturated carbocycles. The standard InChI is InChI=1S/C22H37NO3S2/c1-21-12-14-22(15-13-21)28(24,25)26-18-11-9-7-5-3-2-4-6-8-10-16-23-17-19-27-20-23/h12-15H,2-11,16-20H2,1H3. The zero-order valence-corrected chi connectivity index (χ0v) is 19.0. The van der Waals surface area contributed by atoms with Crippen molar-refractivity contribution in [3.63, 3.8) is 0 Å². The molecule has 0 amide bonds. The van der Waals surface area contributed by atoms with Crippen molar-refractivity contribution in [3.8, 4) is 0 Å². The minimum absolute atomic E-state index is 0.248. The Kier molecular flexibility index (Phi) is 11.5. The number of rotatable bonds is 15. The molecule has 1 heterocycles. The summed E-state index contributed by atoms with van der Waals surface area (Å²) >= 11 is 2.06. The molecule has 6 heteroatoms. The molecule has 0 spiro atoms. The van der Waals surface area contributed by atoms with Gasteiger partial charge >= 0.3 is 0 Å². The van der Waals surface area contributed by atoms with E-state index in [0.717, 1.165) is 18.4 Å². The Hall–Kier alpha value is -0.560. The van der Waals surface area contributed by atoms with Crippen LogP contribution in [-0.4, -0.2) is 44.6 Å². The summed E-state index contributed by atoms with van der Waals surface area (Å²) in [6, 6.07) is 6.80. The molecule has 160 valence electrons. The number of thioether (sulfide) groups is 1. The molecule has 1 aliphatic heterocycles. The molecule has 2 rings (SSSR count). The van der Waals surface area contributed by atoms with Crippen molar-refractivity contribution >= 4 is 21.9 Å². The van der Waals surface area contributed by atoms with Crippen LogP contribution in [-0.2, 0) is 14.3 Å². The van der Waals surface area contributed by atoms with E-state index in [2.05, 4.69) is 16.7 Å². The summed E-state index contributed by atoms with van der Waals surface area (Å²) in [4.78, 5) is 2.82. The van der Waals surface area contributed by atoms with Crippen LogP contribution in [0, 0.1) is 6.92 Å². The summed E-state index contributed by atoms with van der Waals surface area (Å²) in [5.74, 6) is 2.55. The quantitative estimate of drug-likeness (QED) is 0.269. The Labute approximate surface area is 176 Å². The van der Waals surface area contributed by atoms with Crippen molar-refractivity contribution in [1.82, 2.24) is 4.90 Å². The van der Waals surface area contributed by atoms with Gasteiger partial charge in [0.15, 0.2) is 0 Å². The third kappa shape index (κ3) is 9.77. The first-order chi connectivity index (χ1) is 13.6. The molecule has 1 saturated heterocycles. The van der Waals surface area contributed by atoms with Crippen molar-refractivity contribution < 1.29 is 12.6 Å². The number of aryl methyl sites for hydroxylation is 1. The zero-order valence-electron chi connectivity index (χ0n) is 17.4. The topological polar surface area (TPSA) is 46.6 Å². The van der Waals surface area contributed by atoms with E-state index in [-0.39, 0.29) is 11.5 Å². The van der Waals surface area contributed by atoms with Crippen molar-refractivity contribution in [2.24, 2.45) is 0 Å². The first kappa shape index (κ1) is 23.7. The summed E-state index contributed by atoms with van der Waals surface area (Å²) in [5, 5.41) is 0. The number of unbranched alkanes of at least 4 members (excludes halogenated alkanes) is 9. The molecule has 0 unspecified atom stereocenters. The predicted molar refractivity (Wildman–Crippen MR) is 119 cm³/mol. The maximum Gasteiger partial charge on any atom is 0.296 e. The van der Waals surface area contributed by atoms with Gasteiger partial charge in [-0.15, -0.1) is 11.8 Å². The van der Waals surface area contributed by atoms with Gasteiger partial charge in [-0.05, 0) is 38.4 Å². The average Bonchev–Trinajstić information content (AvgIpc) is 3.19. The first-order valence-corrected chi connectivity index (χ1v) is 13.4. The highest BCUT2D eigenvalue weighted by atomic mass is 32.2. The Morgan fingerprint density at radius 2 is 1.46 bits per heavy atom. The molecule has 0 aliphatic carbocycles. The van der Waals surface area contributed by atoms with E-state index in [1.807, 2.05) is 6.92 Å². The highest BCUT2D eigenvalue weighted by molar-refractivity contribution is 7.99. The monoisotopic (exact) mass is 427 g/mol. The fourth-order valence-electron chi connectivity index (χ4n) is 3.42. The van der Waals surface area contributed by atoms with E-state index in [1.54, 1.807) is 24.3 Å². The molecule has 0 N–H and O–H groups in total. The molecular formula is C22H37NO3S2. The van der Waals surface area contributed by atoms with E-state index in [4.69, 9.17) is 4.18 Å². The second kappa shape index (κ2) is 13.6. The lowest BCUT2D eigenvalue weighted by atomic mass is 10.1. The predicted octanol–water partition coefficient (Wildman–Crippen LogP) is 5.61. The van der Waals surface area contributed by atoms with Gasteiger partial charge in [0.25, 0.3) is 10.1 Å². The highest BCUT2D eigenvalue weighted by Crippen LogP contribution is 2.16. The third-order valence-electron chi connectivity index (χ3n) is 5.24. The summed E-state index contributed by atoms with van der Waals surface area (Å²) in [6.45, 7) is 4.79. The molecule has 1 aliphatic rings. The summed E-state index contributed by atoms with van der Waals surface area (Å²) in [5.41, 5.74) is 1.04. The van der Waals surface area contributed by atoms with Crippen LogP contribution in [0.4, 0.5) is 0 Å². The Morgan fingerprint density at radius 1 is 0.893 bits per heavy atom. The Balaban J connectivity index is 1.37. The normalized spacial score (nSPS) is 15.3. The van der Waals surface area contributed by atoms with Crippen molar-refractivity contribution in [1.29, 1.82) is 0 Å². The summed E-state index contributed by atoms with van der Waals surface area (Å²) in [7, 11) is -3.60. The second-order valence-corrected chi connectivity index (χ2v) is 10.5. The maximum atomic E-state index is 12.1. The largest absolute Gasteiger partial charge is 0.296 e. The van der Waals surface area contributed by atoms with Gasteiger partial charge < -0.3 is 0 Å². The van der Waals surface area contributed by atoms with Crippen molar-refractivity contribution in [2.45, 2.75) is 76.0 Å². The van der Waals surface area contributed by atoms with Crippen LogP contribution in [0.5, 0.6) is 0 Å². The van der Waals surface area contributed by atoms with E-state index >= 15 is 0 Å². The average molecular weight is 428 g/mol. The van der Waals surface area contributed by atoms with Gasteiger partial charge in [-0.3, -0.25) is 9.08 Å². The van der Waals surface area contributed by atoms with E-state index in [0.29, 0.717) is 0 Å². The molecule has 0 atom stereocenters. The van der Waals surface area contributed by atoms with Crippen LogP contribution >= 0.6 is 11.8 Å². The fourth-order valence-corrected chi connectivity index (χ4v) is 5.40. The number of nitrogens with zero attached hydrogens (tertiary/aromatic N) is 1. The highest BCUT2D eigenvalue weighted by Gasteiger charge is 2.14. The van der Waals surface area contributed by atoms with Gasteiger partial charge in [-0.1, -0.05) is 69.1 Å². The number of hydrogen-bond donors (Lipinski definition) is 0. The fraction of sp³-hybridized carbons (Fsp3) is 0.727. The summed E-state index contributed by atoms with van der Waals surface area (Å²) in [6.07, 6.45) is 12.3. The lowest BCUT2D eigenvalue weighted by Crippen LogP contribution is -2.20. The molecule has 1 aromatic carbocycles. The SMILES string of the molecule is Cc1ccc(S(=O)(=O)OCCCCCCCCCCCCN2CCSC2)cc1. The van der Waals surface area contributed by atoms with Gasteiger partial charge in [0.1, 0.15) is 0 Å². The molecule has 0 radical (unpaired) electrons. The molecule has 4 nitrogen and oxygen atoms in total. The number of hydrogen-bond acceptors (Lipinski definition) is 5. The van der Waals surface area contributed by atoms with Gasteiger partial charge in [0.05, 0.1) is 11.5 Å². The van der Waals surface area contributed by atoms with Crippen molar-refractivity contribution in [2.75, 3.05) is 31.3 Å². The second-order valence-electron chi connectivity index (χ2n) is 7.78. The van der Waals surface area contributed by atoms with E-state index in [9.17, 15) is 8.42 Å². The van der Waals surface area contributed by atoms with Crippen LogP contribution in [0.25, 0.3) is 0 Å². The molecule has 0 aromatic heterocycles. The van der Waals surface area contributed by atoms with E-state index in [1.165, 1.54) is 76.1 Å². The Morgan fingerprint density at radius 3 is 2.04 bits per heavy atom. The Bertz CT molecular complexity index is 626. The summed E-state index contributed by atoms with van der Waals surface area (Å²) < 4.78 is 29.3. The molecular weight excluding hydrogens is 390 g/mol. The lowest BCUT2D eigenvalue weighted by molar-refractivity contribution is 0.306. The van der Waals surface area contributed by atoms with Crippen LogP contribution < -0.4 is 0 Å². The molecule has 0 bridgehead atoms. The smallest absolute Gasteiger partial charge is 0.293 e. The molecule has 1 fully saturated rings. The van der Waals surface area contributed by atoms with Gasteiger partial charge in [-0.2, -0.15) is 8.42 Å².